The van der Waals surface area contributed by atoms with E-state index < -0.39 is 0 Å². The number of thioether (sulfide) groups is 1. The molecule has 0 bridgehead atoms. The third-order valence-corrected chi connectivity index (χ3v) is 7.05. The number of aromatic nitrogens is 1. The van der Waals surface area contributed by atoms with Crippen LogP contribution in [-0.4, -0.2) is 75.2 Å². The zero-order valence-electron chi connectivity index (χ0n) is 18.7. The molecule has 4 rings (SSSR count). The highest BCUT2D eigenvalue weighted by molar-refractivity contribution is 7.98. The molecule has 7 nitrogen and oxygen atoms in total. The van der Waals surface area contributed by atoms with Crippen LogP contribution in [0.2, 0.25) is 0 Å². The Labute approximate surface area is 208 Å². The topological polar surface area (TPSA) is 64.1 Å². The fourth-order valence-corrected chi connectivity index (χ4v) is 5.05. The number of benzene rings is 2. The normalized spacial score (nSPS) is 14.0. The highest BCUT2D eigenvalue weighted by Crippen LogP contribution is 2.32. The van der Waals surface area contributed by atoms with Gasteiger partial charge in [-0.15, -0.1) is 24.2 Å². The van der Waals surface area contributed by atoms with E-state index in [1.165, 1.54) is 16.2 Å². The van der Waals surface area contributed by atoms with Crippen molar-refractivity contribution in [2.24, 2.45) is 0 Å². The smallest absolute Gasteiger partial charge is 0.266 e. The second-order valence-corrected chi connectivity index (χ2v) is 9.16. The van der Waals surface area contributed by atoms with Gasteiger partial charge in [-0.2, -0.15) is 0 Å². The summed E-state index contributed by atoms with van der Waals surface area (Å²) >= 11 is 3.23. The highest BCUT2D eigenvalue weighted by Gasteiger charge is 2.22. The van der Waals surface area contributed by atoms with Crippen LogP contribution in [0.25, 0.3) is 10.2 Å². The number of ether oxygens (including phenoxy) is 3. The number of hydrogen-bond donors (Lipinski definition) is 0. The van der Waals surface area contributed by atoms with Gasteiger partial charge in [0.2, 0.25) is 0 Å². The molecule has 1 aromatic heterocycles. The van der Waals surface area contributed by atoms with Crippen LogP contribution in [0.1, 0.15) is 0 Å². The van der Waals surface area contributed by atoms with E-state index in [0.717, 1.165) is 43.1 Å². The number of amides is 1. The number of anilines is 1. The number of hydrogen-bond acceptors (Lipinski definition) is 8. The minimum atomic E-state index is -0.131. The first-order valence-corrected chi connectivity index (χ1v) is 12.5. The van der Waals surface area contributed by atoms with E-state index in [-0.39, 0.29) is 24.9 Å². The molecular formula is C23H28ClN3O4S2. The molecule has 10 heteroatoms. The number of carbonyl (C=O) groups excluding carboxylic acids is 1. The fourth-order valence-electron chi connectivity index (χ4n) is 3.48. The number of para-hydroxylation sites is 2. The molecule has 2 aromatic carbocycles. The molecule has 1 fully saturated rings. The van der Waals surface area contributed by atoms with Crippen LogP contribution in [0.5, 0.6) is 11.5 Å². The second-order valence-electron chi connectivity index (χ2n) is 7.27. The quantitative estimate of drug-likeness (QED) is 0.401. The Morgan fingerprint density at radius 2 is 1.97 bits per heavy atom. The van der Waals surface area contributed by atoms with Crippen molar-refractivity contribution in [3.8, 4) is 11.5 Å². The van der Waals surface area contributed by atoms with Crippen molar-refractivity contribution in [3.63, 3.8) is 0 Å². The van der Waals surface area contributed by atoms with Crippen molar-refractivity contribution in [3.05, 3.63) is 42.5 Å². The van der Waals surface area contributed by atoms with Gasteiger partial charge in [0, 0.05) is 31.1 Å². The molecule has 0 N–H and O–H groups in total. The number of fused-ring (bicyclic) bond motifs is 1. The third kappa shape index (κ3) is 6.51. The molecule has 0 saturated carbocycles. The summed E-state index contributed by atoms with van der Waals surface area (Å²) in [6, 6.07) is 13.5. The van der Waals surface area contributed by atoms with Crippen molar-refractivity contribution < 1.29 is 19.0 Å². The van der Waals surface area contributed by atoms with Crippen LogP contribution in [0.3, 0.4) is 0 Å². The van der Waals surface area contributed by atoms with Gasteiger partial charge in [0.15, 0.2) is 23.2 Å². The van der Waals surface area contributed by atoms with Gasteiger partial charge in [-0.1, -0.05) is 23.5 Å². The maximum atomic E-state index is 13.3. The Bertz CT molecular complexity index is 1060. The highest BCUT2D eigenvalue weighted by atomic mass is 35.5. The molecule has 1 aliphatic rings. The largest absolute Gasteiger partial charge is 0.493 e. The number of nitrogens with zero attached hydrogens (tertiary/aromatic N) is 3. The first kappa shape index (κ1) is 25.6. The maximum Gasteiger partial charge on any atom is 0.266 e. The Morgan fingerprint density at radius 3 is 2.70 bits per heavy atom. The predicted molar refractivity (Wildman–Crippen MR) is 137 cm³/mol. The zero-order chi connectivity index (χ0) is 22.3. The van der Waals surface area contributed by atoms with E-state index in [1.54, 1.807) is 29.8 Å². The number of carbonyl (C=O) groups is 1. The lowest BCUT2D eigenvalue weighted by Gasteiger charge is -2.29. The molecule has 33 heavy (non-hydrogen) atoms. The summed E-state index contributed by atoms with van der Waals surface area (Å²) < 4.78 is 17.7. The summed E-state index contributed by atoms with van der Waals surface area (Å²) in [5.74, 6) is 1.02. The minimum Gasteiger partial charge on any atom is -0.493 e. The van der Waals surface area contributed by atoms with E-state index >= 15 is 0 Å². The summed E-state index contributed by atoms with van der Waals surface area (Å²) in [6.45, 7) is 4.41. The molecule has 3 aromatic rings. The van der Waals surface area contributed by atoms with Gasteiger partial charge >= 0.3 is 0 Å². The van der Waals surface area contributed by atoms with Gasteiger partial charge < -0.3 is 14.2 Å². The summed E-state index contributed by atoms with van der Waals surface area (Å²) in [5, 5.41) is 0.695. The molecule has 0 aliphatic carbocycles. The number of methoxy groups -OCH3 is 1. The molecule has 1 amide bonds. The lowest BCUT2D eigenvalue weighted by Crippen LogP contribution is -2.44. The van der Waals surface area contributed by atoms with E-state index in [0.29, 0.717) is 23.2 Å². The number of morpholine rings is 1. The third-order valence-electron chi connectivity index (χ3n) is 5.28. The number of thiazole rings is 1. The summed E-state index contributed by atoms with van der Waals surface area (Å²) in [7, 11) is 1.59. The van der Waals surface area contributed by atoms with Gasteiger partial charge in [-0.05, 0) is 36.6 Å². The molecule has 0 radical (unpaired) electrons. The van der Waals surface area contributed by atoms with Crippen molar-refractivity contribution in [2.75, 3.05) is 64.3 Å². The fraction of sp³-hybridized carbons (Fsp3) is 0.391. The summed E-state index contributed by atoms with van der Waals surface area (Å²) in [4.78, 5) is 23.3. The summed E-state index contributed by atoms with van der Waals surface area (Å²) in [5.41, 5.74) is 0.901. The lowest BCUT2D eigenvalue weighted by atomic mass is 10.3. The van der Waals surface area contributed by atoms with Gasteiger partial charge in [-0.25, -0.2) is 4.98 Å². The van der Waals surface area contributed by atoms with Crippen LogP contribution < -0.4 is 14.4 Å². The van der Waals surface area contributed by atoms with Crippen molar-refractivity contribution in [1.29, 1.82) is 0 Å². The van der Waals surface area contributed by atoms with E-state index in [1.807, 2.05) is 24.3 Å². The predicted octanol–water partition coefficient (Wildman–Crippen LogP) is 4.19. The second kappa shape index (κ2) is 12.4. The molecule has 0 atom stereocenters. The van der Waals surface area contributed by atoms with Gasteiger partial charge in [-0.3, -0.25) is 14.6 Å². The van der Waals surface area contributed by atoms with Crippen molar-refractivity contribution in [2.45, 2.75) is 4.90 Å². The molecule has 0 unspecified atom stereocenters. The lowest BCUT2D eigenvalue weighted by molar-refractivity contribution is -0.120. The first-order valence-electron chi connectivity index (χ1n) is 10.5. The number of halogens is 1. The van der Waals surface area contributed by atoms with Gasteiger partial charge in [0.05, 0.1) is 30.5 Å². The van der Waals surface area contributed by atoms with Crippen LogP contribution in [0.4, 0.5) is 5.13 Å². The van der Waals surface area contributed by atoms with Crippen molar-refractivity contribution >= 4 is 56.8 Å². The minimum absolute atomic E-state index is 0. The molecule has 178 valence electrons. The van der Waals surface area contributed by atoms with Crippen LogP contribution in [0.15, 0.2) is 47.4 Å². The molecule has 1 aliphatic heterocycles. The van der Waals surface area contributed by atoms with Gasteiger partial charge in [0.1, 0.15) is 0 Å². The van der Waals surface area contributed by atoms with E-state index in [2.05, 4.69) is 23.3 Å². The molecule has 2 heterocycles. The summed E-state index contributed by atoms with van der Waals surface area (Å²) in [6.07, 6.45) is 2.05. The van der Waals surface area contributed by atoms with Crippen LogP contribution >= 0.6 is 35.5 Å². The van der Waals surface area contributed by atoms with Crippen molar-refractivity contribution in [1.82, 2.24) is 9.88 Å². The first-order chi connectivity index (χ1) is 15.7. The Morgan fingerprint density at radius 1 is 1.21 bits per heavy atom. The maximum absolute atomic E-state index is 13.3. The zero-order valence-corrected chi connectivity index (χ0v) is 21.1. The Balaban J connectivity index is 0.00000306. The van der Waals surface area contributed by atoms with E-state index in [9.17, 15) is 4.79 Å². The van der Waals surface area contributed by atoms with Gasteiger partial charge in [0.25, 0.3) is 5.91 Å². The molecule has 0 spiro atoms. The Kier molecular flexibility index (Phi) is 9.64. The van der Waals surface area contributed by atoms with E-state index in [4.69, 9.17) is 19.2 Å². The molecular weight excluding hydrogens is 482 g/mol. The average molecular weight is 510 g/mol. The Hall–Kier alpha value is -2.04. The standard InChI is InChI=1S/C23H27N3O4S2.ClH/c1-28-19-5-3-4-6-20(19)30-16-22(27)26(10-9-25-11-13-29-14-12-25)23-24-18-8-7-17(31-2)15-21(18)32-23;/h3-8,15H,9-14,16H2,1-2H3;1H. The SMILES string of the molecule is COc1ccccc1OCC(=O)N(CCN1CCOCC1)c1nc2ccc(SC)cc2s1.Cl. The molecule has 1 saturated heterocycles. The van der Waals surface area contributed by atoms with Crippen LogP contribution in [-0.2, 0) is 9.53 Å². The number of rotatable bonds is 9. The average Bonchev–Trinajstić information content (AvgIpc) is 3.26. The van der Waals surface area contributed by atoms with Crippen LogP contribution in [0, 0.1) is 0 Å². The monoisotopic (exact) mass is 509 g/mol.